The Balaban J connectivity index is 1.33. The number of nitrogens with zero attached hydrogens (tertiary/aromatic N) is 4. The highest BCUT2D eigenvalue weighted by Gasteiger charge is 2.73. The van der Waals surface area contributed by atoms with Crippen LogP contribution in [0.3, 0.4) is 0 Å². The SMILES string of the molecule is Cc1ccc(C2C3C(=O)N(c4ccc(C)c(C)c4)C(=O)C3N3C(c4ccc(C)cc4)C4C(=O)N(c5ccc(C)c(C)c5)C(=O)C4N23)cc1. The van der Waals surface area contributed by atoms with Gasteiger partial charge in [-0.1, -0.05) is 71.8 Å². The van der Waals surface area contributed by atoms with Gasteiger partial charge in [0.05, 0.1) is 35.3 Å². The van der Waals surface area contributed by atoms with Crippen LogP contribution in [0.4, 0.5) is 11.4 Å². The standard InChI is InChI=1S/C40H38N4O4/c1-21-7-13-27(14-8-21)33-31-35(39(47)41(37(31)45)29-17-11-23(3)25(5)19-29)44-34(28-15-9-22(2)10-16-28)32-36(43(33)44)40(48)42(38(32)46)30-18-12-24(4)26(6)20-30/h7-20,31-36H,1-6H3. The summed E-state index contributed by atoms with van der Waals surface area (Å²) in [5.74, 6) is -2.83. The van der Waals surface area contributed by atoms with Crippen LogP contribution in [0.1, 0.15) is 56.6 Å². The highest BCUT2D eigenvalue weighted by atomic mass is 16.2. The van der Waals surface area contributed by atoms with Crippen molar-refractivity contribution < 1.29 is 19.2 Å². The molecule has 4 amide bonds. The highest BCUT2D eigenvalue weighted by molar-refractivity contribution is 6.26. The van der Waals surface area contributed by atoms with E-state index in [2.05, 4.69) is 0 Å². The first-order valence-corrected chi connectivity index (χ1v) is 16.6. The van der Waals surface area contributed by atoms with Crippen LogP contribution in [-0.2, 0) is 19.2 Å². The van der Waals surface area contributed by atoms with E-state index in [-0.39, 0.29) is 23.6 Å². The summed E-state index contributed by atoms with van der Waals surface area (Å²) in [6.07, 6.45) is 0. The van der Waals surface area contributed by atoms with Gasteiger partial charge in [-0.15, -0.1) is 0 Å². The number of carbonyl (C=O) groups is 4. The van der Waals surface area contributed by atoms with Gasteiger partial charge < -0.3 is 0 Å². The van der Waals surface area contributed by atoms with Crippen molar-refractivity contribution in [2.45, 2.75) is 65.7 Å². The van der Waals surface area contributed by atoms with Gasteiger partial charge in [-0.3, -0.25) is 19.2 Å². The van der Waals surface area contributed by atoms with E-state index in [4.69, 9.17) is 0 Å². The molecule has 6 atom stereocenters. The number of amides is 4. The number of rotatable bonds is 4. The van der Waals surface area contributed by atoms with Crippen molar-refractivity contribution >= 4 is 35.0 Å². The number of fused-ring (bicyclic) bond motifs is 5. The predicted octanol–water partition coefficient (Wildman–Crippen LogP) is 5.98. The van der Waals surface area contributed by atoms with Crippen LogP contribution < -0.4 is 9.80 Å². The third-order valence-electron chi connectivity index (χ3n) is 11.1. The van der Waals surface area contributed by atoms with E-state index in [0.717, 1.165) is 44.5 Å². The van der Waals surface area contributed by atoms with Crippen LogP contribution >= 0.6 is 0 Å². The maximum absolute atomic E-state index is 14.7. The molecule has 4 saturated heterocycles. The summed E-state index contributed by atoms with van der Waals surface area (Å²) in [6, 6.07) is 24.1. The Morgan fingerprint density at radius 1 is 0.396 bits per heavy atom. The van der Waals surface area contributed by atoms with Gasteiger partial charge in [-0.25, -0.2) is 19.8 Å². The lowest BCUT2D eigenvalue weighted by Crippen LogP contribution is -2.50. The molecule has 4 aromatic rings. The number of hydrazine groups is 1. The van der Waals surface area contributed by atoms with Gasteiger partial charge in [0.15, 0.2) is 0 Å². The quantitative estimate of drug-likeness (QED) is 0.256. The Morgan fingerprint density at radius 3 is 1.08 bits per heavy atom. The van der Waals surface area contributed by atoms with Gasteiger partial charge in [0.25, 0.3) is 11.8 Å². The second kappa shape index (κ2) is 10.8. The summed E-state index contributed by atoms with van der Waals surface area (Å²) >= 11 is 0. The summed E-state index contributed by atoms with van der Waals surface area (Å²) in [5, 5.41) is 3.87. The molecule has 4 heterocycles. The number of aryl methyl sites for hydroxylation is 6. The fourth-order valence-corrected chi connectivity index (χ4v) is 8.26. The topological polar surface area (TPSA) is 81.2 Å². The average molecular weight is 639 g/mol. The summed E-state index contributed by atoms with van der Waals surface area (Å²) in [6.45, 7) is 11.9. The Hall–Kier alpha value is -4.92. The molecule has 0 saturated carbocycles. The predicted molar refractivity (Wildman–Crippen MR) is 183 cm³/mol. The normalized spacial score (nSPS) is 26.9. The molecule has 0 N–H and O–H groups in total. The van der Waals surface area contributed by atoms with Gasteiger partial charge in [-0.2, -0.15) is 0 Å². The summed E-state index contributed by atoms with van der Waals surface area (Å²) in [7, 11) is 0. The Labute approximate surface area is 280 Å². The van der Waals surface area contributed by atoms with Crippen LogP contribution in [0.2, 0.25) is 0 Å². The molecule has 0 bridgehead atoms. The third kappa shape index (κ3) is 4.22. The zero-order valence-corrected chi connectivity index (χ0v) is 28.0. The van der Waals surface area contributed by atoms with Crippen LogP contribution in [0.15, 0.2) is 84.9 Å². The van der Waals surface area contributed by atoms with E-state index in [9.17, 15) is 19.2 Å². The minimum absolute atomic E-state index is 0.296. The van der Waals surface area contributed by atoms with E-state index in [1.165, 1.54) is 9.80 Å². The lowest BCUT2D eigenvalue weighted by Gasteiger charge is -2.36. The van der Waals surface area contributed by atoms with Crippen LogP contribution in [0.25, 0.3) is 0 Å². The Kier molecular flexibility index (Phi) is 6.84. The van der Waals surface area contributed by atoms with E-state index in [1.54, 1.807) is 0 Å². The van der Waals surface area contributed by atoms with Crippen LogP contribution in [0, 0.1) is 53.4 Å². The molecule has 0 spiro atoms. The molecule has 0 radical (unpaired) electrons. The molecule has 48 heavy (non-hydrogen) atoms. The molecule has 4 aliphatic heterocycles. The number of anilines is 2. The second-order valence-corrected chi connectivity index (χ2v) is 14.0. The fraction of sp³-hybridized carbons (Fsp3) is 0.300. The van der Waals surface area contributed by atoms with E-state index < -0.39 is 36.0 Å². The number of carbonyl (C=O) groups excluding carboxylic acids is 4. The lowest BCUT2D eigenvalue weighted by atomic mass is 9.84. The zero-order chi connectivity index (χ0) is 33.8. The molecule has 242 valence electrons. The van der Waals surface area contributed by atoms with Crippen molar-refractivity contribution in [1.82, 2.24) is 10.0 Å². The first kappa shape index (κ1) is 30.4. The molecule has 0 aliphatic carbocycles. The van der Waals surface area contributed by atoms with Crippen molar-refractivity contribution in [2.24, 2.45) is 11.8 Å². The highest BCUT2D eigenvalue weighted by Crippen LogP contribution is 2.59. The molecule has 6 unspecified atom stereocenters. The number of hydrogen-bond donors (Lipinski definition) is 0. The van der Waals surface area contributed by atoms with Crippen molar-refractivity contribution in [1.29, 1.82) is 0 Å². The van der Waals surface area contributed by atoms with Crippen molar-refractivity contribution in [3.8, 4) is 0 Å². The molecule has 8 heteroatoms. The molecule has 4 fully saturated rings. The Bertz CT molecular complexity index is 1890. The number of imide groups is 2. The smallest absolute Gasteiger partial charge is 0.253 e. The molecule has 8 nitrogen and oxygen atoms in total. The molecular weight excluding hydrogens is 600 g/mol. The van der Waals surface area contributed by atoms with E-state index in [1.807, 2.05) is 136 Å². The first-order chi connectivity index (χ1) is 23.0. The van der Waals surface area contributed by atoms with E-state index >= 15 is 0 Å². The summed E-state index contributed by atoms with van der Waals surface area (Å²) in [5.41, 5.74) is 8.95. The zero-order valence-electron chi connectivity index (χ0n) is 28.0. The van der Waals surface area contributed by atoms with Crippen molar-refractivity contribution in [3.05, 3.63) is 129 Å². The first-order valence-electron chi connectivity index (χ1n) is 16.6. The van der Waals surface area contributed by atoms with Crippen molar-refractivity contribution in [2.75, 3.05) is 9.80 Å². The maximum atomic E-state index is 14.7. The van der Waals surface area contributed by atoms with Gasteiger partial charge >= 0.3 is 0 Å². The molecule has 8 rings (SSSR count). The van der Waals surface area contributed by atoms with Gasteiger partial charge in [0, 0.05) is 0 Å². The molecule has 4 aliphatic rings. The van der Waals surface area contributed by atoms with Gasteiger partial charge in [-0.05, 0) is 99.2 Å². The summed E-state index contributed by atoms with van der Waals surface area (Å²) < 4.78 is 0. The minimum atomic E-state index is -0.891. The third-order valence-corrected chi connectivity index (χ3v) is 11.1. The minimum Gasteiger partial charge on any atom is -0.274 e. The fourth-order valence-electron chi connectivity index (χ4n) is 8.26. The van der Waals surface area contributed by atoms with Crippen molar-refractivity contribution in [3.63, 3.8) is 0 Å². The maximum Gasteiger partial charge on any atom is 0.253 e. The monoisotopic (exact) mass is 638 g/mol. The molecule has 0 aromatic heterocycles. The molecular formula is C40H38N4O4. The van der Waals surface area contributed by atoms with Gasteiger partial charge in [0.2, 0.25) is 11.8 Å². The van der Waals surface area contributed by atoms with Gasteiger partial charge in [0.1, 0.15) is 12.1 Å². The lowest BCUT2D eigenvalue weighted by molar-refractivity contribution is -0.136. The summed E-state index contributed by atoms with van der Waals surface area (Å²) in [4.78, 5) is 61.3. The average Bonchev–Trinajstić information content (AvgIpc) is 3.72. The molecule has 4 aromatic carbocycles. The Morgan fingerprint density at radius 2 is 0.750 bits per heavy atom. The van der Waals surface area contributed by atoms with E-state index in [0.29, 0.717) is 11.4 Å². The number of benzene rings is 4. The van der Waals surface area contributed by atoms with Crippen LogP contribution in [0.5, 0.6) is 0 Å². The number of hydrogen-bond acceptors (Lipinski definition) is 6. The largest absolute Gasteiger partial charge is 0.274 e. The van der Waals surface area contributed by atoms with Crippen LogP contribution in [-0.4, -0.2) is 45.7 Å². The second-order valence-electron chi connectivity index (χ2n) is 14.0.